The molecule has 2 rings (SSSR count). The van der Waals surface area contributed by atoms with E-state index in [1.807, 2.05) is 24.9 Å². The van der Waals surface area contributed by atoms with E-state index in [2.05, 4.69) is 23.7 Å². The zero-order valence-corrected chi connectivity index (χ0v) is 10.5. The fourth-order valence-electron chi connectivity index (χ4n) is 1.79. The summed E-state index contributed by atoms with van der Waals surface area (Å²) in [5.74, 6) is 2.77. The molecular formula is C12H17NO2S. The lowest BCUT2D eigenvalue weighted by Gasteiger charge is -2.21. The standard InChI is InChI=1S/C12H17NO2S/c1-13-10(8-16-2)9-3-4-11-12(7-9)15-6-5-14-11/h3-4,7,10,13H,5-6,8H2,1-2H3. The van der Waals surface area contributed by atoms with Crippen molar-refractivity contribution in [1.82, 2.24) is 5.32 Å². The van der Waals surface area contributed by atoms with Gasteiger partial charge in [0.05, 0.1) is 0 Å². The van der Waals surface area contributed by atoms with E-state index in [9.17, 15) is 0 Å². The molecule has 4 heteroatoms. The van der Waals surface area contributed by atoms with Gasteiger partial charge in [0.25, 0.3) is 0 Å². The van der Waals surface area contributed by atoms with Crippen LogP contribution in [0.15, 0.2) is 18.2 Å². The van der Waals surface area contributed by atoms with Crippen molar-refractivity contribution in [2.24, 2.45) is 0 Å². The maximum atomic E-state index is 5.58. The average molecular weight is 239 g/mol. The van der Waals surface area contributed by atoms with Crippen LogP contribution in [0.4, 0.5) is 0 Å². The van der Waals surface area contributed by atoms with Gasteiger partial charge in [-0.1, -0.05) is 6.07 Å². The molecule has 1 heterocycles. The van der Waals surface area contributed by atoms with Crippen LogP contribution in [-0.2, 0) is 0 Å². The molecule has 1 atom stereocenters. The number of rotatable bonds is 4. The molecule has 1 aromatic carbocycles. The Bertz CT molecular complexity index is 357. The highest BCUT2D eigenvalue weighted by atomic mass is 32.2. The molecule has 1 N–H and O–H groups in total. The molecule has 3 nitrogen and oxygen atoms in total. The van der Waals surface area contributed by atoms with Crippen LogP contribution < -0.4 is 14.8 Å². The van der Waals surface area contributed by atoms with Gasteiger partial charge in [-0.25, -0.2) is 0 Å². The Morgan fingerprint density at radius 2 is 2.06 bits per heavy atom. The number of fused-ring (bicyclic) bond motifs is 1. The molecule has 16 heavy (non-hydrogen) atoms. The normalized spacial score (nSPS) is 15.9. The molecule has 88 valence electrons. The number of ether oxygens (including phenoxy) is 2. The molecule has 1 unspecified atom stereocenters. The Labute approximate surface area is 101 Å². The first kappa shape index (κ1) is 11.6. The van der Waals surface area contributed by atoms with Gasteiger partial charge in [-0.15, -0.1) is 0 Å². The van der Waals surface area contributed by atoms with Crippen molar-refractivity contribution in [3.63, 3.8) is 0 Å². The summed E-state index contributed by atoms with van der Waals surface area (Å²) in [4.78, 5) is 0. The monoisotopic (exact) mass is 239 g/mol. The number of hydrogen-bond donors (Lipinski definition) is 1. The molecule has 0 fully saturated rings. The maximum absolute atomic E-state index is 5.58. The summed E-state index contributed by atoms with van der Waals surface area (Å²) in [6, 6.07) is 6.54. The van der Waals surface area contributed by atoms with E-state index in [4.69, 9.17) is 9.47 Å². The van der Waals surface area contributed by atoms with Crippen LogP contribution in [0, 0.1) is 0 Å². The Balaban J connectivity index is 2.21. The maximum Gasteiger partial charge on any atom is 0.161 e. The summed E-state index contributed by atoms with van der Waals surface area (Å²) in [5.41, 5.74) is 1.25. The van der Waals surface area contributed by atoms with Crippen molar-refractivity contribution in [2.75, 3.05) is 32.3 Å². The van der Waals surface area contributed by atoms with Crippen molar-refractivity contribution >= 4 is 11.8 Å². The van der Waals surface area contributed by atoms with Crippen molar-refractivity contribution in [3.8, 4) is 11.5 Å². The fourth-order valence-corrected chi connectivity index (χ4v) is 2.48. The van der Waals surface area contributed by atoms with Crippen LogP contribution in [-0.4, -0.2) is 32.3 Å². The molecule has 0 spiro atoms. The highest BCUT2D eigenvalue weighted by molar-refractivity contribution is 7.98. The number of thioether (sulfide) groups is 1. The lowest BCUT2D eigenvalue weighted by atomic mass is 10.1. The molecule has 1 aliphatic heterocycles. The number of nitrogens with one attached hydrogen (secondary N) is 1. The summed E-state index contributed by atoms with van der Waals surface area (Å²) in [5, 5.41) is 3.31. The first-order valence-corrected chi connectivity index (χ1v) is 6.80. The van der Waals surface area contributed by atoms with Gasteiger partial charge in [-0.05, 0) is 31.0 Å². The zero-order chi connectivity index (χ0) is 11.4. The minimum atomic E-state index is 0.367. The van der Waals surface area contributed by atoms with Gasteiger partial charge in [0.1, 0.15) is 13.2 Å². The number of benzene rings is 1. The van der Waals surface area contributed by atoms with E-state index in [-0.39, 0.29) is 0 Å². The largest absolute Gasteiger partial charge is 0.486 e. The molecule has 0 amide bonds. The lowest BCUT2D eigenvalue weighted by Crippen LogP contribution is -2.20. The lowest BCUT2D eigenvalue weighted by molar-refractivity contribution is 0.171. The van der Waals surface area contributed by atoms with E-state index >= 15 is 0 Å². The van der Waals surface area contributed by atoms with E-state index < -0.39 is 0 Å². The van der Waals surface area contributed by atoms with Crippen molar-refractivity contribution in [3.05, 3.63) is 23.8 Å². The predicted molar refractivity (Wildman–Crippen MR) is 67.6 cm³/mol. The quantitative estimate of drug-likeness (QED) is 0.871. The predicted octanol–water partition coefficient (Wildman–Crippen LogP) is 2.08. The summed E-state index contributed by atoms with van der Waals surface area (Å²) in [6.45, 7) is 1.29. The second-order valence-corrected chi connectivity index (χ2v) is 4.61. The van der Waals surface area contributed by atoms with Gasteiger partial charge in [-0.2, -0.15) is 11.8 Å². The van der Waals surface area contributed by atoms with Gasteiger partial charge >= 0.3 is 0 Å². The highest BCUT2D eigenvalue weighted by Crippen LogP contribution is 2.33. The van der Waals surface area contributed by atoms with Crippen LogP contribution in [0.5, 0.6) is 11.5 Å². The smallest absolute Gasteiger partial charge is 0.161 e. The van der Waals surface area contributed by atoms with E-state index in [0.29, 0.717) is 19.3 Å². The van der Waals surface area contributed by atoms with Crippen LogP contribution in [0.3, 0.4) is 0 Å². The Hall–Kier alpha value is -0.870. The molecule has 1 aromatic rings. The average Bonchev–Trinajstić information content (AvgIpc) is 2.35. The third-order valence-electron chi connectivity index (χ3n) is 2.65. The minimum absolute atomic E-state index is 0.367. The third-order valence-corrected chi connectivity index (χ3v) is 3.32. The molecule has 0 aliphatic carbocycles. The van der Waals surface area contributed by atoms with E-state index in [1.165, 1.54) is 5.56 Å². The summed E-state index contributed by atoms with van der Waals surface area (Å²) in [6.07, 6.45) is 2.11. The van der Waals surface area contributed by atoms with E-state index in [1.54, 1.807) is 0 Å². The molecule has 1 aliphatic rings. The molecule has 0 aromatic heterocycles. The summed E-state index contributed by atoms with van der Waals surface area (Å²) in [7, 11) is 1.98. The van der Waals surface area contributed by atoms with Crippen molar-refractivity contribution in [1.29, 1.82) is 0 Å². The molecule has 0 radical (unpaired) electrons. The Kier molecular flexibility index (Phi) is 3.96. The van der Waals surface area contributed by atoms with Crippen LogP contribution in [0.1, 0.15) is 11.6 Å². The van der Waals surface area contributed by atoms with Crippen LogP contribution in [0.2, 0.25) is 0 Å². The van der Waals surface area contributed by atoms with Crippen molar-refractivity contribution < 1.29 is 9.47 Å². The summed E-state index contributed by atoms with van der Waals surface area (Å²) < 4.78 is 11.1. The SMILES string of the molecule is CNC(CSC)c1ccc2c(c1)OCCO2. The molecular weight excluding hydrogens is 222 g/mol. The first-order valence-electron chi connectivity index (χ1n) is 5.41. The second-order valence-electron chi connectivity index (χ2n) is 3.70. The zero-order valence-electron chi connectivity index (χ0n) is 9.66. The van der Waals surface area contributed by atoms with Crippen LogP contribution in [0.25, 0.3) is 0 Å². The minimum Gasteiger partial charge on any atom is -0.486 e. The molecule has 0 bridgehead atoms. The van der Waals surface area contributed by atoms with Crippen molar-refractivity contribution in [2.45, 2.75) is 6.04 Å². The van der Waals surface area contributed by atoms with E-state index in [0.717, 1.165) is 17.3 Å². The van der Waals surface area contributed by atoms with Gasteiger partial charge in [0.15, 0.2) is 11.5 Å². The highest BCUT2D eigenvalue weighted by Gasteiger charge is 2.15. The number of hydrogen-bond acceptors (Lipinski definition) is 4. The van der Waals surface area contributed by atoms with Gasteiger partial charge in [0.2, 0.25) is 0 Å². The molecule has 0 saturated heterocycles. The van der Waals surface area contributed by atoms with Gasteiger partial charge < -0.3 is 14.8 Å². The van der Waals surface area contributed by atoms with Gasteiger partial charge in [0, 0.05) is 11.8 Å². The first-order chi connectivity index (χ1) is 7.85. The second kappa shape index (κ2) is 5.46. The van der Waals surface area contributed by atoms with Gasteiger partial charge in [-0.3, -0.25) is 0 Å². The fraction of sp³-hybridized carbons (Fsp3) is 0.500. The topological polar surface area (TPSA) is 30.5 Å². The van der Waals surface area contributed by atoms with Crippen LogP contribution >= 0.6 is 11.8 Å². The third kappa shape index (κ3) is 2.44. The Morgan fingerprint density at radius 1 is 1.31 bits per heavy atom. The molecule has 0 saturated carbocycles. The Morgan fingerprint density at radius 3 is 2.75 bits per heavy atom. The summed E-state index contributed by atoms with van der Waals surface area (Å²) >= 11 is 1.83.